The summed E-state index contributed by atoms with van der Waals surface area (Å²) in [4.78, 5) is 0.125. The van der Waals surface area contributed by atoms with E-state index in [2.05, 4.69) is 32.6 Å². The summed E-state index contributed by atoms with van der Waals surface area (Å²) >= 11 is 2.18. The molecule has 0 aromatic heterocycles. The molecule has 7 heteroatoms. The van der Waals surface area contributed by atoms with Crippen LogP contribution in [0, 0.1) is 3.57 Å². The Labute approximate surface area is 131 Å². The van der Waals surface area contributed by atoms with Crippen LogP contribution in [0.25, 0.3) is 0 Å². The van der Waals surface area contributed by atoms with Crippen molar-refractivity contribution in [1.29, 1.82) is 0 Å². The van der Waals surface area contributed by atoms with E-state index in [0.717, 1.165) is 9.26 Å². The van der Waals surface area contributed by atoms with Crippen LogP contribution in [0.4, 0.5) is 17.1 Å². The third kappa shape index (κ3) is 3.22. The van der Waals surface area contributed by atoms with Gasteiger partial charge in [0.2, 0.25) is 10.0 Å². The van der Waals surface area contributed by atoms with Crippen molar-refractivity contribution in [2.75, 3.05) is 18.1 Å². The van der Waals surface area contributed by atoms with Gasteiger partial charge in [-0.25, -0.2) is 13.1 Å². The lowest BCUT2D eigenvalue weighted by molar-refractivity contribution is 0.588. The van der Waals surface area contributed by atoms with Crippen LogP contribution in [0.2, 0.25) is 0 Å². The highest BCUT2D eigenvalue weighted by atomic mass is 127. The molecule has 4 N–H and O–H groups in total. The van der Waals surface area contributed by atoms with E-state index in [1.54, 1.807) is 12.1 Å². The van der Waals surface area contributed by atoms with Gasteiger partial charge < -0.3 is 11.1 Å². The highest BCUT2D eigenvalue weighted by molar-refractivity contribution is 14.1. The molecule has 0 aliphatic carbocycles. The SMILES string of the molecule is CNS(=O)(=O)c1cc(N)ccc1Nc1ccccc1I. The summed E-state index contributed by atoms with van der Waals surface area (Å²) in [6.45, 7) is 0. The van der Waals surface area contributed by atoms with Gasteiger partial charge in [-0.05, 0) is 60.0 Å². The summed E-state index contributed by atoms with van der Waals surface area (Å²) in [5.41, 5.74) is 7.40. The van der Waals surface area contributed by atoms with Crippen LogP contribution in [-0.2, 0) is 10.0 Å². The highest BCUT2D eigenvalue weighted by Crippen LogP contribution is 2.28. The van der Waals surface area contributed by atoms with E-state index in [0.29, 0.717) is 11.4 Å². The Kier molecular flexibility index (Phi) is 4.51. The lowest BCUT2D eigenvalue weighted by Crippen LogP contribution is -2.20. The highest BCUT2D eigenvalue weighted by Gasteiger charge is 2.17. The van der Waals surface area contributed by atoms with Crippen molar-refractivity contribution in [2.45, 2.75) is 4.90 Å². The summed E-state index contributed by atoms with van der Waals surface area (Å²) < 4.78 is 27.4. The number of nitrogens with one attached hydrogen (secondary N) is 2. The molecule has 2 rings (SSSR count). The fraction of sp³-hybridized carbons (Fsp3) is 0.0769. The molecule has 0 aliphatic rings. The van der Waals surface area contributed by atoms with E-state index in [4.69, 9.17) is 5.73 Å². The Balaban J connectivity index is 2.50. The van der Waals surface area contributed by atoms with Gasteiger partial charge in [0.25, 0.3) is 0 Å². The maximum absolute atomic E-state index is 12.0. The average Bonchev–Trinajstić information content (AvgIpc) is 2.43. The number of halogens is 1. The van der Waals surface area contributed by atoms with Crippen molar-refractivity contribution in [3.8, 4) is 0 Å². The van der Waals surface area contributed by atoms with Gasteiger partial charge in [0.15, 0.2) is 0 Å². The Bertz CT molecular complexity index is 732. The summed E-state index contributed by atoms with van der Waals surface area (Å²) in [5.74, 6) is 0. The van der Waals surface area contributed by atoms with Crippen molar-refractivity contribution in [2.24, 2.45) is 0 Å². The van der Waals surface area contributed by atoms with Crippen LogP contribution in [0.1, 0.15) is 0 Å². The number of hydrogen-bond acceptors (Lipinski definition) is 4. The quantitative estimate of drug-likeness (QED) is 0.541. The molecular formula is C13H14IN3O2S. The normalized spacial score (nSPS) is 11.3. The van der Waals surface area contributed by atoms with Gasteiger partial charge in [0, 0.05) is 9.26 Å². The van der Waals surface area contributed by atoms with Crippen LogP contribution < -0.4 is 15.8 Å². The molecule has 0 unspecified atom stereocenters. The fourth-order valence-electron chi connectivity index (χ4n) is 1.68. The molecule has 2 aromatic carbocycles. The van der Waals surface area contributed by atoms with Gasteiger partial charge in [-0.2, -0.15) is 0 Å². The minimum Gasteiger partial charge on any atom is -0.399 e. The number of anilines is 3. The standard InChI is InChI=1S/C13H14IN3O2S/c1-16-20(18,19)13-8-9(15)6-7-12(13)17-11-5-3-2-4-10(11)14/h2-8,16-17H,15H2,1H3. The number of rotatable bonds is 4. The molecule has 0 saturated carbocycles. The van der Waals surface area contributed by atoms with Crippen molar-refractivity contribution in [1.82, 2.24) is 4.72 Å². The number of sulfonamides is 1. The second-order valence-corrected chi connectivity index (χ2v) is 7.09. The first-order valence-corrected chi connectivity index (χ1v) is 8.35. The van der Waals surface area contributed by atoms with Gasteiger partial charge >= 0.3 is 0 Å². The summed E-state index contributed by atoms with van der Waals surface area (Å²) in [5, 5.41) is 3.13. The third-order valence-electron chi connectivity index (χ3n) is 2.71. The van der Waals surface area contributed by atoms with Gasteiger partial charge in [-0.1, -0.05) is 12.1 Å². The van der Waals surface area contributed by atoms with Crippen molar-refractivity contribution >= 4 is 49.7 Å². The molecule has 0 aliphatic heterocycles. The average molecular weight is 403 g/mol. The maximum atomic E-state index is 12.0. The van der Waals surface area contributed by atoms with E-state index in [1.165, 1.54) is 13.1 Å². The number of nitrogens with two attached hydrogens (primary N) is 1. The van der Waals surface area contributed by atoms with Crippen LogP contribution in [0.5, 0.6) is 0 Å². The monoisotopic (exact) mass is 403 g/mol. The molecule has 0 saturated heterocycles. The van der Waals surface area contributed by atoms with Crippen LogP contribution in [-0.4, -0.2) is 15.5 Å². The summed E-state index contributed by atoms with van der Waals surface area (Å²) in [6, 6.07) is 12.4. The molecular weight excluding hydrogens is 389 g/mol. The molecule has 0 atom stereocenters. The molecule has 0 fully saturated rings. The molecule has 0 radical (unpaired) electrons. The second kappa shape index (κ2) is 5.98. The van der Waals surface area contributed by atoms with Gasteiger partial charge in [0.05, 0.1) is 11.4 Å². The molecule has 5 nitrogen and oxygen atoms in total. The minimum atomic E-state index is -3.58. The van der Waals surface area contributed by atoms with Gasteiger partial charge in [-0.3, -0.25) is 0 Å². The molecule has 20 heavy (non-hydrogen) atoms. The van der Waals surface area contributed by atoms with E-state index < -0.39 is 10.0 Å². The van der Waals surface area contributed by atoms with Crippen molar-refractivity contribution in [3.63, 3.8) is 0 Å². The number of benzene rings is 2. The Morgan fingerprint density at radius 2 is 1.80 bits per heavy atom. The Morgan fingerprint density at radius 1 is 1.10 bits per heavy atom. The number of para-hydroxylation sites is 1. The zero-order valence-corrected chi connectivity index (χ0v) is 13.7. The van der Waals surface area contributed by atoms with Crippen LogP contribution >= 0.6 is 22.6 Å². The molecule has 106 valence electrons. The Hall–Kier alpha value is -1.32. The van der Waals surface area contributed by atoms with E-state index >= 15 is 0 Å². The predicted molar refractivity (Wildman–Crippen MR) is 89.5 cm³/mol. The first-order valence-electron chi connectivity index (χ1n) is 5.78. The lowest BCUT2D eigenvalue weighted by atomic mass is 10.2. The van der Waals surface area contributed by atoms with Crippen LogP contribution in [0.15, 0.2) is 47.4 Å². The topological polar surface area (TPSA) is 84.2 Å². The van der Waals surface area contributed by atoms with Gasteiger partial charge in [0.1, 0.15) is 4.90 Å². The zero-order chi connectivity index (χ0) is 14.8. The Morgan fingerprint density at radius 3 is 2.45 bits per heavy atom. The molecule has 0 spiro atoms. The zero-order valence-electron chi connectivity index (χ0n) is 10.7. The van der Waals surface area contributed by atoms with E-state index in [1.807, 2.05) is 24.3 Å². The first-order chi connectivity index (χ1) is 9.44. The largest absolute Gasteiger partial charge is 0.399 e. The van der Waals surface area contributed by atoms with Crippen molar-refractivity contribution < 1.29 is 8.42 Å². The molecule has 2 aromatic rings. The molecule has 0 heterocycles. The molecule has 0 amide bonds. The number of hydrogen-bond donors (Lipinski definition) is 3. The van der Waals surface area contributed by atoms with Gasteiger partial charge in [-0.15, -0.1) is 0 Å². The first kappa shape index (κ1) is 15.1. The smallest absolute Gasteiger partial charge is 0.242 e. The maximum Gasteiger partial charge on any atom is 0.242 e. The molecule has 0 bridgehead atoms. The van der Waals surface area contributed by atoms with E-state index in [-0.39, 0.29) is 4.90 Å². The summed E-state index contributed by atoms with van der Waals surface area (Å²) in [7, 11) is -2.21. The minimum absolute atomic E-state index is 0.125. The second-order valence-electron chi connectivity index (χ2n) is 4.07. The summed E-state index contributed by atoms with van der Waals surface area (Å²) in [6.07, 6.45) is 0. The van der Waals surface area contributed by atoms with Crippen molar-refractivity contribution in [3.05, 3.63) is 46.0 Å². The predicted octanol–water partition coefficient (Wildman–Crippen LogP) is 2.53. The lowest BCUT2D eigenvalue weighted by Gasteiger charge is -2.14. The van der Waals surface area contributed by atoms with Crippen LogP contribution in [0.3, 0.4) is 0 Å². The van der Waals surface area contributed by atoms with E-state index in [9.17, 15) is 8.42 Å². The number of nitrogen functional groups attached to an aromatic ring is 1. The third-order valence-corrected chi connectivity index (χ3v) is 5.10. The fourth-order valence-corrected chi connectivity index (χ4v) is 3.12.